The molecule has 122 valence electrons. The van der Waals surface area contributed by atoms with Crippen LogP contribution >= 0.6 is 15.9 Å². The van der Waals surface area contributed by atoms with Crippen molar-refractivity contribution in [3.63, 3.8) is 0 Å². The second kappa shape index (κ2) is 6.22. The van der Waals surface area contributed by atoms with E-state index in [-0.39, 0.29) is 15.4 Å². The second-order valence-corrected chi connectivity index (χ2v) is 8.17. The van der Waals surface area contributed by atoms with E-state index >= 15 is 0 Å². The topological polar surface area (TPSA) is 72.2 Å². The zero-order valence-corrected chi connectivity index (χ0v) is 14.6. The number of anilines is 1. The number of fused-ring (bicyclic) bond motifs is 1. The Labute approximate surface area is 143 Å². The molecule has 4 nitrogen and oxygen atoms in total. The molecule has 3 N–H and O–H groups in total. The van der Waals surface area contributed by atoms with E-state index in [4.69, 9.17) is 5.73 Å². The first-order chi connectivity index (χ1) is 10.9. The maximum Gasteiger partial charge on any atom is 0.241 e. The van der Waals surface area contributed by atoms with Crippen LogP contribution in [0.3, 0.4) is 0 Å². The molecule has 0 aromatic heterocycles. The Bertz CT molecular complexity index is 855. The van der Waals surface area contributed by atoms with Crippen molar-refractivity contribution >= 4 is 31.6 Å². The van der Waals surface area contributed by atoms with Crippen molar-refractivity contribution in [2.24, 2.45) is 0 Å². The number of hydrogen-bond donors (Lipinski definition) is 2. The van der Waals surface area contributed by atoms with E-state index in [9.17, 15) is 12.8 Å². The van der Waals surface area contributed by atoms with Gasteiger partial charge in [0.05, 0.1) is 9.37 Å². The molecule has 7 heteroatoms. The van der Waals surface area contributed by atoms with E-state index in [1.807, 2.05) is 12.1 Å². The van der Waals surface area contributed by atoms with Crippen molar-refractivity contribution in [3.8, 4) is 0 Å². The highest BCUT2D eigenvalue weighted by molar-refractivity contribution is 9.10. The van der Waals surface area contributed by atoms with Gasteiger partial charge in [-0.05, 0) is 76.7 Å². The van der Waals surface area contributed by atoms with Gasteiger partial charge in [-0.25, -0.2) is 17.5 Å². The molecule has 2 aromatic carbocycles. The molecule has 0 spiro atoms. The summed E-state index contributed by atoms with van der Waals surface area (Å²) in [5.74, 6) is -0.498. The number of nitrogens with two attached hydrogens (primary N) is 1. The highest BCUT2D eigenvalue weighted by Gasteiger charge is 2.26. The van der Waals surface area contributed by atoms with Crippen molar-refractivity contribution in [2.75, 3.05) is 5.73 Å². The summed E-state index contributed by atoms with van der Waals surface area (Å²) in [6, 6.07) is 8.91. The molecule has 0 saturated carbocycles. The number of rotatable bonds is 3. The molecule has 0 heterocycles. The highest BCUT2D eigenvalue weighted by atomic mass is 79.9. The summed E-state index contributed by atoms with van der Waals surface area (Å²) in [5, 5.41) is 0. The summed E-state index contributed by atoms with van der Waals surface area (Å²) in [7, 11) is -3.73. The Hall–Kier alpha value is -1.44. The molecule has 2 aromatic rings. The first-order valence-corrected chi connectivity index (χ1v) is 9.50. The summed E-state index contributed by atoms with van der Waals surface area (Å²) >= 11 is 3.02. The van der Waals surface area contributed by atoms with Crippen LogP contribution in [0.5, 0.6) is 0 Å². The van der Waals surface area contributed by atoms with Crippen LogP contribution in [0.1, 0.15) is 30.0 Å². The second-order valence-electron chi connectivity index (χ2n) is 5.60. The van der Waals surface area contributed by atoms with E-state index in [1.54, 1.807) is 6.07 Å². The van der Waals surface area contributed by atoms with Gasteiger partial charge in [0.25, 0.3) is 0 Å². The van der Waals surface area contributed by atoms with Gasteiger partial charge in [-0.15, -0.1) is 0 Å². The van der Waals surface area contributed by atoms with Crippen LogP contribution in [0.25, 0.3) is 0 Å². The van der Waals surface area contributed by atoms with Crippen LogP contribution in [0.15, 0.2) is 45.8 Å². The molecule has 0 amide bonds. The molecule has 1 aliphatic carbocycles. The molecule has 3 rings (SSSR count). The van der Waals surface area contributed by atoms with Gasteiger partial charge in [-0.2, -0.15) is 0 Å². The van der Waals surface area contributed by atoms with Gasteiger partial charge in [-0.3, -0.25) is 0 Å². The van der Waals surface area contributed by atoms with Crippen LogP contribution in [0, 0.1) is 5.82 Å². The van der Waals surface area contributed by atoms with Gasteiger partial charge in [0.15, 0.2) is 0 Å². The third-order valence-electron chi connectivity index (χ3n) is 3.98. The molecule has 1 unspecified atom stereocenters. The van der Waals surface area contributed by atoms with Crippen molar-refractivity contribution in [1.29, 1.82) is 0 Å². The lowest BCUT2D eigenvalue weighted by molar-refractivity contribution is 0.507. The number of aryl methyl sites for hydroxylation is 1. The van der Waals surface area contributed by atoms with Crippen LogP contribution < -0.4 is 10.5 Å². The van der Waals surface area contributed by atoms with Crippen LogP contribution in [-0.2, 0) is 16.4 Å². The van der Waals surface area contributed by atoms with Gasteiger partial charge in [0.1, 0.15) is 5.82 Å². The fraction of sp³-hybridized carbons (Fsp3) is 0.250. The third-order valence-corrected chi connectivity index (χ3v) is 6.06. The standard InChI is InChI=1S/C16H16BrFN2O2S/c17-14-9-12(5-7-15(14)18)23(21,22)20-16-3-1-2-10-8-11(19)4-6-13(10)16/h4-9,16,20H,1-3,19H2. The fourth-order valence-electron chi connectivity index (χ4n) is 2.86. The lowest BCUT2D eigenvalue weighted by Gasteiger charge is -2.26. The largest absolute Gasteiger partial charge is 0.399 e. The zero-order valence-electron chi connectivity index (χ0n) is 12.2. The Kier molecular flexibility index (Phi) is 4.44. The number of nitrogen functional groups attached to an aromatic ring is 1. The Morgan fingerprint density at radius 3 is 2.74 bits per heavy atom. The molecule has 0 bridgehead atoms. The first-order valence-electron chi connectivity index (χ1n) is 7.22. The Balaban J connectivity index is 1.91. The summed E-state index contributed by atoms with van der Waals surface area (Å²) in [6.45, 7) is 0. The predicted molar refractivity (Wildman–Crippen MR) is 91.0 cm³/mol. The van der Waals surface area contributed by atoms with Crippen LogP contribution in [0.2, 0.25) is 0 Å². The number of halogens is 2. The summed E-state index contributed by atoms with van der Waals surface area (Å²) < 4.78 is 41.3. The lowest BCUT2D eigenvalue weighted by Crippen LogP contribution is -2.31. The third kappa shape index (κ3) is 3.41. The molecule has 1 aliphatic rings. The van der Waals surface area contributed by atoms with E-state index < -0.39 is 15.8 Å². The predicted octanol–water partition coefficient (Wildman–Crippen LogP) is 3.53. The van der Waals surface area contributed by atoms with Gasteiger partial charge in [0, 0.05) is 11.7 Å². The monoisotopic (exact) mass is 398 g/mol. The Morgan fingerprint density at radius 2 is 2.00 bits per heavy atom. The number of benzene rings is 2. The normalized spacial score (nSPS) is 17.7. The highest BCUT2D eigenvalue weighted by Crippen LogP contribution is 2.32. The van der Waals surface area contributed by atoms with Gasteiger partial charge < -0.3 is 5.73 Å². The molecule has 0 saturated heterocycles. The average Bonchev–Trinajstić information content (AvgIpc) is 2.49. The SMILES string of the molecule is Nc1ccc2c(c1)CCCC2NS(=O)(=O)c1ccc(F)c(Br)c1. The van der Waals surface area contributed by atoms with Crippen molar-refractivity contribution in [2.45, 2.75) is 30.2 Å². The quantitative estimate of drug-likeness (QED) is 0.776. The van der Waals surface area contributed by atoms with Crippen LogP contribution in [-0.4, -0.2) is 8.42 Å². The molecule has 0 fully saturated rings. The molecule has 1 atom stereocenters. The van der Waals surface area contributed by atoms with E-state index in [1.165, 1.54) is 12.1 Å². The lowest BCUT2D eigenvalue weighted by atomic mass is 9.88. The first kappa shape index (κ1) is 16.4. The minimum Gasteiger partial charge on any atom is -0.399 e. The van der Waals surface area contributed by atoms with Gasteiger partial charge in [-0.1, -0.05) is 6.07 Å². The van der Waals surface area contributed by atoms with E-state index in [2.05, 4.69) is 20.7 Å². The summed E-state index contributed by atoms with van der Waals surface area (Å²) in [5.41, 5.74) is 8.50. The van der Waals surface area contributed by atoms with Gasteiger partial charge >= 0.3 is 0 Å². The molecular formula is C16H16BrFN2O2S. The Morgan fingerprint density at radius 1 is 1.22 bits per heavy atom. The summed E-state index contributed by atoms with van der Waals surface area (Å²) in [6.07, 6.45) is 2.50. The number of nitrogens with one attached hydrogen (secondary N) is 1. The number of sulfonamides is 1. The fourth-order valence-corrected chi connectivity index (χ4v) is 4.66. The smallest absolute Gasteiger partial charge is 0.241 e. The maximum absolute atomic E-state index is 13.3. The van der Waals surface area contributed by atoms with E-state index in [0.29, 0.717) is 5.69 Å². The average molecular weight is 399 g/mol. The maximum atomic E-state index is 13.3. The molecular weight excluding hydrogens is 383 g/mol. The van der Waals surface area contributed by atoms with Crippen LogP contribution in [0.4, 0.5) is 10.1 Å². The van der Waals surface area contributed by atoms with E-state index in [0.717, 1.165) is 36.5 Å². The molecule has 0 radical (unpaired) electrons. The molecule has 23 heavy (non-hydrogen) atoms. The van der Waals surface area contributed by atoms with Crippen molar-refractivity contribution in [3.05, 3.63) is 57.8 Å². The van der Waals surface area contributed by atoms with Gasteiger partial charge in [0.2, 0.25) is 10.0 Å². The zero-order chi connectivity index (χ0) is 16.6. The van der Waals surface area contributed by atoms with Crippen molar-refractivity contribution < 1.29 is 12.8 Å². The van der Waals surface area contributed by atoms with Crippen molar-refractivity contribution in [1.82, 2.24) is 4.72 Å². The summed E-state index contributed by atoms with van der Waals surface area (Å²) in [4.78, 5) is 0.0355. The molecule has 0 aliphatic heterocycles. The minimum absolute atomic E-state index is 0.0355. The minimum atomic E-state index is -3.73. The number of hydrogen-bond acceptors (Lipinski definition) is 3.